The lowest BCUT2D eigenvalue weighted by Crippen LogP contribution is -2.51. The van der Waals surface area contributed by atoms with Crippen molar-refractivity contribution in [3.63, 3.8) is 0 Å². The minimum absolute atomic E-state index is 0.0196. The second kappa shape index (κ2) is 9.89. The molecule has 2 aromatic carbocycles. The maximum absolute atomic E-state index is 14.4. The molecule has 0 fully saturated rings. The van der Waals surface area contributed by atoms with Crippen LogP contribution in [0.15, 0.2) is 66.9 Å². The normalized spacial score (nSPS) is 15.1. The summed E-state index contributed by atoms with van der Waals surface area (Å²) in [5, 5.41) is 12.3. The standard InChI is InChI=1S/C23H18ClF7N2O/c24-17-6-7-19(32-12-17)21(11-14-4-2-1-3-5-14,33-13-20(34)23(29,30)31)15-8-16(22(26,27)28)10-18(25)9-15/h1-10,12,20,33-34H,11,13H2/t20?,21-/m0/s1. The summed E-state index contributed by atoms with van der Waals surface area (Å²) in [5.41, 5.74) is -3.06. The molecule has 0 radical (unpaired) electrons. The lowest BCUT2D eigenvalue weighted by Gasteiger charge is -2.37. The molecule has 2 N–H and O–H groups in total. The second-order valence-electron chi connectivity index (χ2n) is 7.59. The Hall–Kier alpha value is -2.69. The highest BCUT2D eigenvalue weighted by molar-refractivity contribution is 6.30. The zero-order valence-electron chi connectivity index (χ0n) is 17.3. The molecule has 1 unspecified atom stereocenters. The van der Waals surface area contributed by atoms with Crippen LogP contribution in [-0.2, 0) is 18.1 Å². The number of benzene rings is 2. The van der Waals surface area contributed by atoms with Gasteiger partial charge in [-0.15, -0.1) is 0 Å². The van der Waals surface area contributed by atoms with Crippen LogP contribution in [0.3, 0.4) is 0 Å². The fourth-order valence-corrected chi connectivity index (χ4v) is 3.62. The Bertz CT molecular complexity index is 1110. The minimum Gasteiger partial charge on any atom is -0.382 e. The van der Waals surface area contributed by atoms with Crippen molar-refractivity contribution in [1.82, 2.24) is 10.3 Å². The number of aliphatic hydroxyl groups is 1. The lowest BCUT2D eigenvalue weighted by molar-refractivity contribution is -0.202. The van der Waals surface area contributed by atoms with E-state index >= 15 is 0 Å². The first kappa shape index (κ1) is 25.9. The predicted molar refractivity (Wildman–Crippen MR) is 112 cm³/mol. The van der Waals surface area contributed by atoms with Gasteiger partial charge in [-0.3, -0.25) is 10.3 Å². The number of nitrogens with zero attached hydrogens (tertiary/aromatic N) is 1. The number of hydrogen-bond acceptors (Lipinski definition) is 3. The Morgan fingerprint density at radius 2 is 1.56 bits per heavy atom. The summed E-state index contributed by atoms with van der Waals surface area (Å²) in [5.74, 6) is -1.24. The van der Waals surface area contributed by atoms with Crippen molar-refractivity contribution in [3.05, 3.63) is 100 Å². The summed E-state index contributed by atoms with van der Waals surface area (Å²) in [4.78, 5) is 4.12. The van der Waals surface area contributed by atoms with Crippen LogP contribution in [0, 0.1) is 5.82 Å². The fraction of sp³-hybridized carbons (Fsp3) is 0.261. The van der Waals surface area contributed by atoms with Gasteiger partial charge in [-0.25, -0.2) is 4.39 Å². The molecule has 0 bridgehead atoms. The van der Waals surface area contributed by atoms with E-state index < -0.39 is 41.9 Å². The largest absolute Gasteiger partial charge is 0.416 e. The fourth-order valence-electron chi connectivity index (χ4n) is 3.51. The SMILES string of the molecule is OC(CN[C@@](Cc1ccccc1)(c1cc(F)cc(C(F)(F)F)c1)c1ccc(Cl)cn1)C(F)(F)F. The first-order valence-electron chi connectivity index (χ1n) is 9.85. The van der Waals surface area contributed by atoms with Crippen molar-refractivity contribution in [2.24, 2.45) is 0 Å². The van der Waals surface area contributed by atoms with Gasteiger partial charge in [-0.1, -0.05) is 41.9 Å². The van der Waals surface area contributed by atoms with Gasteiger partial charge in [-0.05, 0) is 41.5 Å². The summed E-state index contributed by atoms with van der Waals surface area (Å²) in [7, 11) is 0. The van der Waals surface area contributed by atoms with Crippen molar-refractivity contribution >= 4 is 11.6 Å². The van der Waals surface area contributed by atoms with E-state index in [1.54, 1.807) is 30.3 Å². The van der Waals surface area contributed by atoms with Crippen molar-refractivity contribution in [2.45, 2.75) is 30.4 Å². The van der Waals surface area contributed by atoms with Crippen molar-refractivity contribution in [3.8, 4) is 0 Å². The van der Waals surface area contributed by atoms with E-state index in [4.69, 9.17) is 11.6 Å². The third kappa shape index (κ3) is 6.05. The van der Waals surface area contributed by atoms with Crippen LogP contribution < -0.4 is 5.32 Å². The van der Waals surface area contributed by atoms with Gasteiger partial charge < -0.3 is 5.11 Å². The van der Waals surface area contributed by atoms with Gasteiger partial charge in [0.1, 0.15) is 5.82 Å². The van der Waals surface area contributed by atoms with Crippen LogP contribution in [0.5, 0.6) is 0 Å². The molecule has 11 heteroatoms. The molecule has 3 aromatic rings. The number of aliphatic hydroxyl groups excluding tert-OH is 1. The Kier molecular flexibility index (Phi) is 7.54. The number of nitrogens with one attached hydrogen (secondary N) is 1. The molecule has 0 saturated carbocycles. The molecule has 182 valence electrons. The van der Waals surface area contributed by atoms with Crippen LogP contribution in [0.2, 0.25) is 5.02 Å². The molecule has 0 saturated heterocycles. The first-order chi connectivity index (χ1) is 15.8. The van der Waals surface area contributed by atoms with E-state index in [-0.39, 0.29) is 28.8 Å². The van der Waals surface area contributed by atoms with Gasteiger partial charge in [0.15, 0.2) is 6.10 Å². The maximum atomic E-state index is 14.4. The smallest absolute Gasteiger partial charge is 0.382 e. The topological polar surface area (TPSA) is 45.1 Å². The monoisotopic (exact) mass is 506 g/mol. The van der Waals surface area contributed by atoms with Crippen LogP contribution in [0.4, 0.5) is 30.7 Å². The average Bonchev–Trinajstić information content (AvgIpc) is 2.76. The van der Waals surface area contributed by atoms with E-state index in [2.05, 4.69) is 10.3 Å². The molecule has 1 aromatic heterocycles. The quantitative estimate of drug-likeness (QED) is 0.393. The van der Waals surface area contributed by atoms with Crippen LogP contribution in [0.25, 0.3) is 0 Å². The zero-order valence-corrected chi connectivity index (χ0v) is 18.0. The molecule has 0 spiro atoms. The number of rotatable bonds is 7. The number of pyridine rings is 1. The van der Waals surface area contributed by atoms with Gasteiger partial charge in [-0.2, -0.15) is 26.3 Å². The molecule has 1 heterocycles. The molecule has 2 atom stereocenters. The minimum atomic E-state index is -5.00. The van der Waals surface area contributed by atoms with Crippen LogP contribution in [0.1, 0.15) is 22.4 Å². The summed E-state index contributed by atoms with van der Waals surface area (Å²) in [6.45, 7) is -1.10. The molecule has 0 aliphatic rings. The lowest BCUT2D eigenvalue weighted by atomic mass is 9.79. The molecule has 0 aliphatic heterocycles. The Labute approximate surface area is 195 Å². The molecule has 3 rings (SSSR count). The average molecular weight is 507 g/mol. The van der Waals surface area contributed by atoms with E-state index in [0.29, 0.717) is 11.6 Å². The Morgan fingerprint density at radius 1 is 0.912 bits per heavy atom. The van der Waals surface area contributed by atoms with Crippen molar-refractivity contribution < 1.29 is 35.8 Å². The van der Waals surface area contributed by atoms with E-state index in [1.807, 2.05) is 0 Å². The van der Waals surface area contributed by atoms with Gasteiger partial charge in [0.05, 0.1) is 21.8 Å². The highest BCUT2D eigenvalue weighted by Crippen LogP contribution is 2.38. The summed E-state index contributed by atoms with van der Waals surface area (Å²) in [6.07, 6.45) is -11.8. The maximum Gasteiger partial charge on any atom is 0.416 e. The van der Waals surface area contributed by atoms with Gasteiger partial charge >= 0.3 is 12.4 Å². The molecule has 3 nitrogen and oxygen atoms in total. The van der Waals surface area contributed by atoms with E-state index in [9.17, 15) is 35.8 Å². The van der Waals surface area contributed by atoms with Crippen molar-refractivity contribution in [2.75, 3.05) is 6.54 Å². The summed E-state index contributed by atoms with van der Waals surface area (Å²) < 4.78 is 94.0. The molecular formula is C23H18ClF7N2O. The third-order valence-electron chi connectivity index (χ3n) is 5.17. The van der Waals surface area contributed by atoms with Crippen LogP contribution >= 0.6 is 11.6 Å². The van der Waals surface area contributed by atoms with E-state index in [0.717, 1.165) is 6.07 Å². The Morgan fingerprint density at radius 3 is 2.12 bits per heavy atom. The molecule has 34 heavy (non-hydrogen) atoms. The van der Waals surface area contributed by atoms with Gasteiger partial charge in [0, 0.05) is 19.2 Å². The number of aromatic nitrogens is 1. The molecular weight excluding hydrogens is 489 g/mol. The highest BCUT2D eigenvalue weighted by atomic mass is 35.5. The van der Waals surface area contributed by atoms with Gasteiger partial charge in [0.2, 0.25) is 0 Å². The molecule has 0 aliphatic carbocycles. The number of alkyl halides is 6. The summed E-state index contributed by atoms with van der Waals surface area (Å²) in [6, 6.07) is 12.6. The van der Waals surface area contributed by atoms with Crippen molar-refractivity contribution in [1.29, 1.82) is 0 Å². The molecule has 0 amide bonds. The van der Waals surface area contributed by atoms with Gasteiger partial charge in [0.25, 0.3) is 0 Å². The first-order valence-corrected chi connectivity index (χ1v) is 10.2. The third-order valence-corrected chi connectivity index (χ3v) is 5.39. The zero-order chi connectivity index (χ0) is 25.1. The second-order valence-corrected chi connectivity index (χ2v) is 8.03. The van der Waals surface area contributed by atoms with Crippen LogP contribution in [-0.4, -0.2) is 28.9 Å². The number of halogens is 8. The number of hydrogen-bond donors (Lipinski definition) is 2. The highest BCUT2D eigenvalue weighted by Gasteiger charge is 2.43. The van der Waals surface area contributed by atoms with E-state index in [1.165, 1.54) is 18.3 Å². The predicted octanol–water partition coefficient (Wildman–Crippen LogP) is 5.89. The summed E-state index contributed by atoms with van der Waals surface area (Å²) >= 11 is 5.89. The Balaban J connectivity index is 2.26.